The number of aromatic nitrogens is 1. The van der Waals surface area contributed by atoms with Crippen molar-refractivity contribution in [3.8, 4) is 11.1 Å². The monoisotopic (exact) mass is 215 g/mol. The van der Waals surface area contributed by atoms with Gasteiger partial charge < -0.3 is 0 Å². The van der Waals surface area contributed by atoms with E-state index in [0.29, 0.717) is 5.92 Å². The second-order valence-electron chi connectivity index (χ2n) is 4.15. The molecule has 0 spiro atoms. The molecule has 1 heterocycles. The molecule has 0 N–H and O–H groups in total. The van der Waals surface area contributed by atoms with Crippen molar-refractivity contribution >= 4 is 0 Å². The van der Waals surface area contributed by atoms with Gasteiger partial charge in [-0.1, -0.05) is 38.1 Å². The van der Waals surface area contributed by atoms with Crippen LogP contribution in [0.2, 0.25) is 0 Å². The van der Waals surface area contributed by atoms with Gasteiger partial charge in [-0.2, -0.15) is 4.39 Å². The van der Waals surface area contributed by atoms with Crippen molar-refractivity contribution in [1.29, 1.82) is 0 Å². The predicted octanol–water partition coefficient (Wildman–Crippen LogP) is 4.01. The Balaban J connectivity index is 2.40. The molecule has 0 unspecified atom stereocenters. The van der Waals surface area contributed by atoms with Crippen LogP contribution in [-0.2, 0) is 0 Å². The Hall–Kier alpha value is -1.70. The molecule has 0 aliphatic rings. The molecule has 2 rings (SSSR count). The zero-order chi connectivity index (χ0) is 11.5. The summed E-state index contributed by atoms with van der Waals surface area (Å²) < 4.78 is 12.7. The molecular formula is C14H14FN. The number of hydrogen-bond donors (Lipinski definition) is 0. The SMILES string of the molecule is CC(C)c1cccc(-c2ccc(F)nc2)c1. The molecule has 2 heteroatoms. The lowest BCUT2D eigenvalue weighted by Crippen LogP contribution is -1.88. The van der Waals surface area contributed by atoms with Crippen LogP contribution in [-0.4, -0.2) is 4.98 Å². The fraction of sp³-hybridized carbons (Fsp3) is 0.214. The molecule has 82 valence electrons. The number of rotatable bonds is 2. The van der Waals surface area contributed by atoms with Crippen LogP contribution in [0.25, 0.3) is 11.1 Å². The standard InChI is InChI=1S/C14H14FN/c1-10(2)11-4-3-5-12(8-11)13-6-7-14(15)16-9-13/h3-10H,1-2H3. The molecule has 0 fully saturated rings. The van der Waals surface area contributed by atoms with Crippen molar-refractivity contribution in [2.75, 3.05) is 0 Å². The van der Waals surface area contributed by atoms with Gasteiger partial charge in [0.1, 0.15) is 0 Å². The van der Waals surface area contributed by atoms with Crippen LogP contribution in [0.4, 0.5) is 4.39 Å². The summed E-state index contributed by atoms with van der Waals surface area (Å²) in [7, 11) is 0. The van der Waals surface area contributed by atoms with Crippen LogP contribution in [0, 0.1) is 5.95 Å². The van der Waals surface area contributed by atoms with Gasteiger partial charge in [-0.25, -0.2) is 4.98 Å². The van der Waals surface area contributed by atoms with Crippen LogP contribution in [0.3, 0.4) is 0 Å². The zero-order valence-corrected chi connectivity index (χ0v) is 9.44. The van der Waals surface area contributed by atoms with Gasteiger partial charge >= 0.3 is 0 Å². The van der Waals surface area contributed by atoms with E-state index in [4.69, 9.17) is 0 Å². The molecule has 2 aromatic rings. The van der Waals surface area contributed by atoms with E-state index in [1.54, 1.807) is 12.3 Å². The molecule has 0 amide bonds. The molecule has 0 aliphatic carbocycles. The highest BCUT2D eigenvalue weighted by molar-refractivity contribution is 5.63. The number of benzene rings is 1. The summed E-state index contributed by atoms with van der Waals surface area (Å²) >= 11 is 0. The third-order valence-corrected chi connectivity index (χ3v) is 2.61. The zero-order valence-electron chi connectivity index (χ0n) is 9.44. The van der Waals surface area contributed by atoms with E-state index in [2.05, 4.69) is 31.0 Å². The van der Waals surface area contributed by atoms with E-state index in [1.807, 2.05) is 12.1 Å². The minimum atomic E-state index is -0.441. The van der Waals surface area contributed by atoms with Gasteiger partial charge in [0.25, 0.3) is 0 Å². The Bertz CT molecular complexity index is 474. The van der Waals surface area contributed by atoms with Crippen molar-refractivity contribution in [2.24, 2.45) is 0 Å². The van der Waals surface area contributed by atoms with Gasteiger partial charge in [0.2, 0.25) is 5.95 Å². The van der Waals surface area contributed by atoms with Gasteiger partial charge in [0, 0.05) is 11.8 Å². The number of hydrogen-bond acceptors (Lipinski definition) is 1. The average Bonchev–Trinajstić information content (AvgIpc) is 2.30. The Labute approximate surface area is 95.0 Å². The molecule has 0 aliphatic heterocycles. The summed E-state index contributed by atoms with van der Waals surface area (Å²) in [6.07, 6.45) is 1.56. The molecule has 0 radical (unpaired) electrons. The maximum Gasteiger partial charge on any atom is 0.212 e. The van der Waals surface area contributed by atoms with E-state index in [9.17, 15) is 4.39 Å². The maximum atomic E-state index is 12.7. The Morgan fingerprint density at radius 3 is 2.50 bits per heavy atom. The second kappa shape index (κ2) is 4.44. The molecule has 1 aromatic heterocycles. The molecule has 0 saturated carbocycles. The average molecular weight is 215 g/mol. The van der Waals surface area contributed by atoms with Gasteiger partial charge in [-0.15, -0.1) is 0 Å². The van der Waals surface area contributed by atoms with Crippen LogP contribution >= 0.6 is 0 Å². The Morgan fingerprint density at radius 1 is 1.06 bits per heavy atom. The first-order chi connectivity index (χ1) is 7.66. The number of nitrogens with zero attached hydrogens (tertiary/aromatic N) is 1. The molecule has 0 bridgehead atoms. The summed E-state index contributed by atoms with van der Waals surface area (Å²) in [5.74, 6) is 0.0529. The first-order valence-corrected chi connectivity index (χ1v) is 5.38. The van der Waals surface area contributed by atoms with Crippen molar-refractivity contribution in [2.45, 2.75) is 19.8 Å². The highest BCUT2D eigenvalue weighted by Crippen LogP contribution is 2.23. The lowest BCUT2D eigenvalue weighted by atomic mass is 9.98. The van der Waals surface area contributed by atoms with E-state index in [-0.39, 0.29) is 0 Å². The van der Waals surface area contributed by atoms with Crippen LogP contribution < -0.4 is 0 Å². The molecule has 0 saturated heterocycles. The van der Waals surface area contributed by atoms with Gasteiger partial charge in [0.15, 0.2) is 0 Å². The highest BCUT2D eigenvalue weighted by atomic mass is 19.1. The summed E-state index contributed by atoms with van der Waals surface area (Å²) in [6.45, 7) is 4.31. The van der Waals surface area contributed by atoms with E-state index in [0.717, 1.165) is 11.1 Å². The third-order valence-electron chi connectivity index (χ3n) is 2.61. The molecule has 1 nitrogen and oxygen atoms in total. The van der Waals surface area contributed by atoms with Gasteiger partial charge in [-0.05, 0) is 29.2 Å². The van der Waals surface area contributed by atoms with Crippen molar-refractivity contribution < 1.29 is 4.39 Å². The minimum Gasteiger partial charge on any atom is -0.228 e. The summed E-state index contributed by atoms with van der Waals surface area (Å²) in [5, 5.41) is 0. The summed E-state index contributed by atoms with van der Waals surface area (Å²) in [4.78, 5) is 3.66. The van der Waals surface area contributed by atoms with Crippen molar-refractivity contribution in [3.05, 3.63) is 54.1 Å². The fourth-order valence-corrected chi connectivity index (χ4v) is 1.62. The van der Waals surface area contributed by atoms with E-state index >= 15 is 0 Å². The van der Waals surface area contributed by atoms with Crippen LogP contribution in [0.1, 0.15) is 25.3 Å². The predicted molar refractivity (Wildman–Crippen MR) is 63.7 cm³/mol. The Morgan fingerprint density at radius 2 is 1.88 bits per heavy atom. The number of pyridine rings is 1. The quantitative estimate of drug-likeness (QED) is 0.690. The van der Waals surface area contributed by atoms with Crippen molar-refractivity contribution in [3.63, 3.8) is 0 Å². The topological polar surface area (TPSA) is 12.9 Å². The molecule has 16 heavy (non-hydrogen) atoms. The molecule has 0 atom stereocenters. The van der Waals surface area contributed by atoms with Crippen molar-refractivity contribution in [1.82, 2.24) is 4.98 Å². The molecular weight excluding hydrogens is 201 g/mol. The van der Waals surface area contributed by atoms with Gasteiger partial charge in [-0.3, -0.25) is 0 Å². The first-order valence-electron chi connectivity index (χ1n) is 5.38. The largest absolute Gasteiger partial charge is 0.228 e. The van der Waals surface area contributed by atoms with E-state index in [1.165, 1.54) is 11.6 Å². The maximum absolute atomic E-state index is 12.7. The lowest BCUT2D eigenvalue weighted by Gasteiger charge is -2.07. The second-order valence-corrected chi connectivity index (χ2v) is 4.15. The lowest BCUT2D eigenvalue weighted by molar-refractivity contribution is 0.584. The number of halogens is 1. The summed E-state index contributed by atoms with van der Waals surface area (Å²) in [6, 6.07) is 11.4. The molecule has 1 aromatic carbocycles. The first kappa shape index (κ1) is 10.8. The third kappa shape index (κ3) is 2.27. The fourth-order valence-electron chi connectivity index (χ4n) is 1.62. The minimum absolute atomic E-state index is 0.441. The smallest absolute Gasteiger partial charge is 0.212 e. The normalized spacial score (nSPS) is 10.8. The van der Waals surface area contributed by atoms with E-state index < -0.39 is 5.95 Å². The Kier molecular flexibility index (Phi) is 3.00. The highest BCUT2D eigenvalue weighted by Gasteiger charge is 2.02. The van der Waals surface area contributed by atoms with Crippen LogP contribution in [0.15, 0.2) is 42.6 Å². The van der Waals surface area contributed by atoms with Crippen LogP contribution in [0.5, 0.6) is 0 Å². The summed E-state index contributed by atoms with van der Waals surface area (Å²) in [5.41, 5.74) is 3.31. The van der Waals surface area contributed by atoms with Gasteiger partial charge in [0.05, 0.1) is 0 Å².